The number of carbonyl (C=O) groups is 1. The highest BCUT2D eigenvalue weighted by atomic mass is 35.5. The summed E-state index contributed by atoms with van der Waals surface area (Å²) in [5.41, 5.74) is 2.55. The maximum atomic E-state index is 12.2. The summed E-state index contributed by atoms with van der Waals surface area (Å²) in [7, 11) is 0. The summed E-state index contributed by atoms with van der Waals surface area (Å²) in [5, 5.41) is 3.57. The van der Waals surface area contributed by atoms with Crippen LogP contribution in [0, 0.1) is 0 Å². The minimum Gasteiger partial charge on any atom is -0.370 e. The zero-order valence-corrected chi connectivity index (χ0v) is 13.7. The lowest BCUT2D eigenvalue weighted by Gasteiger charge is -2.28. The molecule has 0 unspecified atom stereocenters. The van der Waals surface area contributed by atoms with E-state index in [1.807, 2.05) is 30.3 Å². The van der Waals surface area contributed by atoms with Gasteiger partial charge < -0.3 is 10.2 Å². The maximum absolute atomic E-state index is 12.2. The predicted molar refractivity (Wildman–Crippen MR) is 92.9 cm³/mol. The lowest BCUT2D eigenvalue weighted by molar-refractivity contribution is 0.0946. The highest BCUT2D eigenvalue weighted by Crippen LogP contribution is 2.18. The highest BCUT2D eigenvalue weighted by molar-refractivity contribution is 6.30. The molecule has 3 rings (SSSR count). The minimum atomic E-state index is -0.162. The Morgan fingerprint density at radius 1 is 1.09 bits per heavy atom. The highest BCUT2D eigenvalue weighted by Gasteiger charge is 2.12. The Balaban J connectivity index is 1.57. The van der Waals surface area contributed by atoms with E-state index in [1.54, 1.807) is 12.3 Å². The Hall–Kier alpha value is -2.07. The van der Waals surface area contributed by atoms with E-state index in [2.05, 4.69) is 15.2 Å². The second kappa shape index (κ2) is 7.47. The molecule has 1 aliphatic rings. The van der Waals surface area contributed by atoms with Gasteiger partial charge in [0.2, 0.25) is 0 Å². The van der Waals surface area contributed by atoms with Crippen LogP contribution < -0.4 is 10.2 Å². The van der Waals surface area contributed by atoms with Gasteiger partial charge in [0.05, 0.1) is 11.9 Å². The number of hydrogen-bond acceptors (Lipinski definition) is 3. The molecule has 1 amide bonds. The fourth-order valence-electron chi connectivity index (χ4n) is 2.73. The van der Waals surface area contributed by atoms with Gasteiger partial charge in [-0.1, -0.05) is 23.7 Å². The molecule has 23 heavy (non-hydrogen) atoms. The van der Waals surface area contributed by atoms with Crippen LogP contribution in [0.4, 0.5) is 5.69 Å². The molecule has 5 heteroatoms. The number of benzene rings is 1. The van der Waals surface area contributed by atoms with Crippen molar-refractivity contribution in [2.24, 2.45) is 0 Å². The van der Waals surface area contributed by atoms with Gasteiger partial charge in [-0.2, -0.15) is 0 Å². The molecule has 2 aromatic rings. The van der Waals surface area contributed by atoms with Gasteiger partial charge in [0, 0.05) is 24.7 Å². The van der Waals surface area contributed by atoms with Crippen LogP contribution in [0.15, 0.2) is 42.6 Å². The monoisotopic (exact) mass is 329 g/mol. The Morgan fingerprint density at radius 2 is 1.83 bits per heavy atom. The molecule has 1 fully saturated rings. The van der Waals surface area contributed by atoms with Crippen LogP contribution in [0.2, 0.25) is 5.02 Å². The van der Waals surface area contributed by atoms with Gasteiger partial charge in [0.15, 0.2) is 0 Å². The summed E-state index contributed by atoms with van der Waals surface area (Å²) >= 11 is 5.85. The zero-order valence-electron chi connectivity index (χ0n) is 13.0. The van der Waals surface area contributed by atoms with Crippen LogP contribution >= 0.6 is 11.6 Å². The molecule has 0 atom stereocenters. The van der Waals surface area contributed by atoms with Gasteiger partial charge in [-0.05, 0) is 49.1 Å². The number of carbonyl (C=O) groups excluding carboxylic acids is 1. The molecule has 1 saturated heterocycles. The quantitative estimate of drug-likeness (QED) is 0.931. The number of hydrogen-bond donors (Lipinski definition) is 1. The fraction of sp³-hybridized carbons (Fsp3) is 0.333. The van der Waals surface area contributed by atoms with E-state index in [4.69, 9.17) is 11.6 Å². The van der Waals surface area contributed by atoms with Crippen molar-refractivity contribution in [2.75, 3.05) is 18.0 Å². The number of rotatable bonds is 4. The van der Waals surface area contributed by atoms with Gasteiger partial charge in [0.25, 0.3) is 5.91 Å². The average Bonchev–Trinajstić information content (AvgIpc) is 2.62. The summed E-state index contributed by atoms with van der Waals surface area (Å²) in [4.78, 5) is 18.8. The molecule has 0 radical (unpaired) electrons. The number of aromatic nitrogens is 1. The topological polar surface area (TPSA) is 45.2 Å². The van der Waals surface area contributed by atoms with Crippen molar-refractivity contribution in [3.8, 4) is 0 Å². The summed E-state index contributed by atoms with van der Waals surface area (Å²) in [6, 6.07) is 11.2. The third kappa shape index (κ3) is 4.23. The van der Waals surface area contributed by atoms with Crippen LogP contribution in [0.5, 0.6) is 0 Å². The Morgan fingerprint density at radius 3 is 2.48 bits per heavy atom. The van der Waals surface area contributed by atoms with Gasteiger partial charge in [0.1, 0.15) is 5.69 Å². The number of piperidine rings is 1. The SMILES string of the molecule is O=C(NCc1ccc(Cl)cc1)c1ccc(N2CCCCC2)cn1. The molecule has 2 heterocycles. The van der Waals surface area contributed by atoms with E-state index in [9.17, 15) is 4.79 Å². The number of amides is 1. The first kappa shape index (κ1) is 15.8. The van der Waals surface area contributed by atoms with Crippen LogP contribution in [0.25, 0.3) is 0 Å². The summed E-state index contributed by atoms with van der Waals surface area (Å²) in [5.74, 6) is -0.162. The fourth-order valence-corrected chi connectivity index (χ4v) is 2.86. The number of pyridine rings is 1. The Labute approximate surface area is 141 Å². The first-order valence-corrected chi connectivity index (χ1v) is 8.34. The number of nitrogens with one attached hydrogen (secondary N) is 1. The Kier molecular flexibility index (Phi) is 5.13. The smallest absolute Gasteiger partial charge is 0.270 e. The first-order chi connectivity index (χ1) is 11.2. The lowest BCUT2D eigenvalue weighted by Crippen LogP contribution is -2.29. The van der Waals surface area contributed by atoms with E-state index in [0.29, 0.717) is 17.3 Å². The van der Waals surface area contributed by atoms with Gasteiger partial charge in [-0.3, -0.25) is 4.79 Å². The van der Waals surface area contributed by atoms with Crippen LogP contribution in [-0.4, -0.2) is 24.0 Å². The van der Waals surface area contributed by atoms with Crippen LogP contribution in [-0.2, 0) is 6.54 Å². The molecular formula is C18H20ClN3O. The summed E-state index contributed by atoms with van der Waals surface area (Å²) in [6.45, 7) is 2.61. The predicted octanol–water partition coefficient (Wildman–Crippen LogP) is 3.66. The molecule has 1 N–H and O–H groups in total. The molecule has 0 aliphatic carbocycles. The third-order valence-corrected chi connectivity index (χ3v) is 4.32. The second-order valence-corrected chi connectivity index (χ2v) is 6.19. The van der Waals surface area contributed by atoms with E-state index < -0.39 is 0 Å². The van der Waals surface area contributed by atoms with Crippen molar-refractivity contribution in [3.05, 3.63) is 58.9 Å². The van der Waals surface area contributed by atoms with Crippen molar-refractivity contribution in [2.45, 2.75) is 25.8 Å². The van der Waals surface area contributed by atoms with Crippen LogP contribution in [0.1, 0.15) is 35.3 Å². The van der Waals surface area contributed by atoms with Crippen molar-refractivity contribution >= 4 is 23.2 Å². The summed E-state index contributed by atoms with van der Waals surface area (Å²) < 4.78 is 0. The van der Waals surface area contributed by atoms with Gasteiger partial charge >= 0.3 is 0 Å². The summed E-state index contributed by atoms with van der Waals surface area (Å²) in [6.07, 6.45) is 5.55. The third-order valence-electron chi connectivity index (χ3n) is 4.07. The largest absolute Gasteiger partial charge is 0.370 e. The Bertz CT molecular complexity index is 649. The molecule has 1 aromatic heterocycles. The van der Waals surface area contributed by atoms with Crippen LogP contribution in [0.3, 0.4) is 0 Å². The standard InChI is InChI=1S/C18H20ClN3O/c19-15-6-4-14(5-7-15)12-21-18(23)17-9-8-16(13-20-17)22-10-2-1-3-11-22/h4-9,13H,1-3,10-12H2,(H,21,23). The number of anilines is 1. The number of nitrogens with zero attached hydrogens (tertiary/aromatic N) is 2. The average molecular weight is 330 g/mol. The molecule has 120 valence electrons. The van der Waals surface area contributed by atoms with Crippen molar-refractivity contribution in [1.82, 2.24) is 10.3 Å². The molecule has 1 aliphatic heterocycles. The molecule has 0 bridgehead atoms. The van der Waals surface area contributed by atoms with Crippen molar-refractivity contribution < 1.29 is 4.79 Å². The van der Waals surface area contributed by atoms with E-state index in [0.717, 1.165) is 24.3 Å². The first-order valence-electron chi connectivity index (χ1n) is 7.96. The van der Waals surface area contributed by atoms with E-state index in [-0.39, 0.29) is 5.91 Å². The second-order valence-electron chi connectivity index (χ2n) is 5.76. The van der Waals surface area contributed by atoms with Crippen molar-refractivity contribution in [3.63, 3.8) is 0 Å². The van der Waals surface area contributed by atoms with Crippen molar-refractivity contribution in [1.29, 1.82) is 0 Å². The number of halogens is 1. The van der Waals surface area contributed by atoms with Gasteiger partial charge in [-0.25, -0.2) is 4.98 Å². The normalized spacial score (nSPS) is 14.6. The molecule has 0 spiro atoms. The molecule has 1 aromatic carbocycles. The van der Waals surface area contributed by atoms with Gasteiger partial charge in [-0.15, -0.1) is 0 Å². The molecule has 0 saturated carbocycles. The van der Waals surface area contributed by atoms with E-state index >= 15 is 0 Å². The molecule has 4 nitrogen and oxygen atoms in total. The zero-order chi connectivity index (χ0) is 16.1. The maximum Gasteiger partial charge on any atom is 0.270 e. The van der Waals surface area contributed by atoms with E-state index in [1.165, 1.54) is 19.3 Å². The lowest BCUT2D eigenvalue weighted by atomic mass is 10.1. The molecular weight excluding hydrogens is 310 g/mol. The minimum absolute atomic E-state index is 0.162.